The zero-order valence-corrected chi connectivity index (χ0v) is 20.9. The van der Waals surface area contributed by atoms with E-state index in [1.165, 1.54) is 14.2 Å². The number of nitrogens with zero attached hydrogens (tertiary/aromatic N) is 1. The molecule has 0 spiro atoms. The molecule has 0 aliphatic carbocycles. The van der Waals surface area contributed by atoms with Crippen molar-refractivity contribution in [3.05, 3.63) is 65.2 Å². The molecule has 0 radical (unpaired) electrons. The van der Waals surface area contributed by atoms with Gasteiger partial charge in [-0.15, -0.1) is 0 Å². The first kappa shape index (κ1) is 24.7. The molecule has 0 unspecified atom stereocenters. The molecule has 1 N–H and O–H groups in total. The number of hydrogen-bond acceptors (Lipinski definition) is 9. The van der Waals surface area contributed by atoms with Crippen LogP contribution in [-0.4, -0.2) is 62.3 Å². The normalized spacial score (nSPS) is 11.3. The van der Waals surface area contributed by atoms with E-state index in [9.17, 15) is 19.2 Å². The van der Waals surface area contributed by atoms with Crippen molar-refractivity contribution in [1.29, 1.82) is 0 Å². The molecule has 2 heterocycles. The average Bonchev–Trinajstić information content (AvgIpc) is 3.34. The van der Waals surface area contributed by atoms with Crippen molar-refractivity contribution in [2.75, 3.05) is 28.4 Å². The Morgan fingerprint density at radius 1 is 0.711 bits per heavy atom. The van der Waals surface area contributed by atoms with Gasteiger partial charge in [0, 0.05) is 32.6 Å². The van der Waals surface area contributed by atoms with Crippen LogP contribution in [0, 0.1) is 0 Å². The summed E-state index contributed by atoms with van der Waals surface area (Å²) in [5, 5.41) is 1.45. The molecule has 0 amide bonds. The molecule has 0 saturated carbocycles. The van der Waals surface area contributed by atoms with E-state index in [2.05, 4.69) is 4.98 Å². The molecule has 0 aliphatic rings. The van der Waals surface area contributed by atoms with Crippen LogP contribution in [0.25, 0.3) is 43.6 Å². The molecular formula is C28H22N2O8. The van der Waals surface area contributed by atoms with E-state index in [0.717, 1.165) is 14.2 Å². The van der Waals surface area contributed by atoms with Gasteiger partial charge in [-0.3, -0.25) is 9.59 Å². The number of para-hydroxylation sites is 2. The van der Waals surface area contributed by atoms with Crippen molar-refractivity contribution in [3.63, 3.8) is 0 Å². The van der Waals surface area contributed by atoms with Gasteiger partial charge in [-0.05, 0) is 12.1 Å². The summed E-state index contributed by atoms with van der Waals surface area (Å²) in [6.07, 6.45) is 0. The summed E-state index contributed by atoms with van der Waals surface area (Å²) in [6, 6.07) is 14.1. The number of pyridine rings is 1. The minimum Gasteiger partial charge on any atom is -0.468 e. The number of methoxy groups -OCH3 is 4. The van der Waals surface area contributed by atoms with Gasteiger partial charge in [0.05, 0.1) is 56.1 Å². The fraction of sp³-hybridized carbons (Fsp3) is 0.179. The second kappa shape index (κ2) is 9.47. The summed E-state index contributed by atoms with van der Waals surface area (Å²) in [6.45, 7) is 0. The van der Waals surface area contributed by atoms with Gasteiger partial charge in [0.15, 0.2) is 5.92 Å². The van der Waals surface area contributed by atoms with Gasteiger partial charge in [-0.25, -0.2) is 14.6 Å². The van der Waals surface area contributed by atoms with Crippen LogP contribution in [0.2, 0.25) is 0 Å². The van der Waals surface area contributed by atoms with Gasteiger partial charge < -0.3 is 23.9 Å². The third kappa shape index (κ3) is 3.52. The first-order chi connectivity index (χ1) is 18.4. The first-order valence-electron chi connectivity index (χ1n) is 11.5. The molecule has 0 atom stereocenters. The summed E-state index contributed by atoms with van der Waals surface area (Å²) < 4.78 is 20.2. The number of aromatic amines is 1. The third-order valence-corrected chi connectivity index (χ3v) is 6.57. The van der Waals surface area contributed by atoms with E-state index in [4.69, 9.17) is 23.9 Å². The Labute approximate surface area is 215 Å². The Balaban J connectivity index is 2.21. The van der Waals surface area contributed by atoms with E-state index in [1.54, 1.807) is 48.5 Å². The second-order valence-corrected chi connectivity index (χ2v) is 8.40. The second-order valence-electron chi connectivity index (χ2n) is 8.40. The lowest BCUT2D eigenvalue weighted by Gasteiger charge is -2.22. The van der Waals surface area contributed by atoms with Crippen LogP contribution < -0.4 is 0 Å². The number of fused-ring (bicyclic) bond motifs is 6. The monoisotopic (exact) mass is 514 g/mol. The summed E-state index contributed by atoms with van der Waals surface area (Å²) in [7, 11) is 4.62. The molecule has 0 aliphatic heterocycles. The van der Waals surface area contributed by atoms with E-state index in [1.807, 2.05) is 0 Å². The van der Waals surface area contributed by atoms with Gasteiger partial charge in [0.2, 0.25) is 0 Å². The van der Waals surface area contributed by atoms with Crippen molar-refractivity contribution >= 4 is 67.5 Å². The van der Waals surface area contributed by atoms with E-state index in [-0.39, 0.29) is 22.1 Å². The van der Waals surface area contributed by atoms with Crippen LogP contribution in [0.4, 0.5) is 0 Å². The predicted octanol–water partition coefficient (Wildman–Crippen LogP) is 4.03. The number of benzene rings is 3. The molecule has 2 aromatic heterocycles. The van der Waals surface area contributed by atoms with Gasteiger partial charge >= 0.3 is 23.9 Å². The Morgan fingerprint density at radius 2 is 1.29 bits per heavy atom. The Bertz CT molecular complexity index is 1790. The van der Waals surface area contributed by atoms with Crippen molar-refractivity contribution in [2.24, 2.45) is 0 Å². The Morgan fingerprint density at radius 3 is 1.92 bits per heavy atom. The highest BCUT2D eigenvalue weighted by atomic mass is 16.5. The number of rotatable bonds is 5. The number of esters is 4. The van der Waals surface area contributed by atoms with Gasteiger partial charge in [-0.2, -0.15) is 0 Å². The van der Waals surface area contributed by atoms with Crippen LogP contribution in [-0.2, 0) is 28.5 Å². The molecule has 10 heteroatoms. The minimum absolute atomic E-state index is 0.0313. The van der Waals surface area contributed by atoms with Crippen LogP contribution in [0.3, 0.4) is 0 Å². The van der Waals surface area contributed by atoms with Gasteiger partial charge in [-0.1, -0.05) is 36.4 Å². The molecule has 3 aromatic carbocycles. The Hall–Kier alpha value is -4.99. The van der Waals surface area contributed by atoms with Crippen LogP contribution in [0.1, 0.15) is 32.2 Å². The maximum Gasteiger partial charge on any atom is 0.339 e. The van der Waals surface area contributed by atoms with Gasteiger partial charge in [0.1, 0.15) is 0 Å². The molecule has 10 nitrogen and oxygen atoms in total. The maximum atomic E-state index is 13.5. The largest absolute Gasteiger partial charge is 0.468 e. The quantitative estimate of drug-likeness (QED) is 0.160. The van der Waals surface area contributed by atoms with E-state index >= 15 is 0 Å². The summed E-state index contributed by atoms with van der Waals surface area (Å²) in [4.78, 5) is 61.2. The summed E-state index contributed by atoms with van der Waals surface area (Å²) in [5.41, 5.74) is 1.59. The summed E-state index contributed by atoms with van der Waals surface area (Å²) >= 11 is 0. The molecule has 38 heavy (non-hydrogen) atoms. The van der Waals surface area contributed by atoms with E-state index in [0.29, 0.717) is 38.2 Å². The highest BCUT2D eigenvalue weighted by Crippen LogP contribution is 2.43. The van der Waals surface area contributed by atoms with Crippen LogP contribution in [0.15, 0.2) is 48.5 Å². The predicted molar refractivity (Wildman–Crippen MR) is 138 cm³/mol. The molecule has 5 aromatic rings. The number of carbonyl (C=O) groups excluding carboxylic acids is 4. The Kier molecular flexibility index (Phi) is 6.15. The highest BCUT2D eigenvalue weighted by molar-refractivity contribution is 6.30. The lowest BCUT2D eigenvalue weighted by Crippen LogP contribution is -2.27. The lowest BCUT2D eigenvalue weighted by molar-refractivity contribution is -0.154. The summed E-state index contributed by atoms with van der Waals surface area (Å²) in [5.74, 6) is -5.31. The SMILES string of the molecule is COC(=O)c1c2ccccc2[nH]c2c1c(C(C(=O)OC)C(=O)OC)c(C(=O)OC)c1c3ccccc3nc21. The number of carbonyl (C=O) groups is 4. The van der Waals surface area contributed by atoms with Gasteiger partial charge in [0.25, 0.3) is 0 Å². The first-order valence-corrected chi connectivity index (χ1v) is 11.5. The molecule has 0 saturated heterocycles. The third-order valence-electron chi connectivity index (χ3n) is 6.57. The topological polar surface area (TPSA) is 134 Å². The van der Waals surface area contributed by atoms with Crippen molar-refractivity contribution in [3.8, 4) is 0 Å². The number of nitrogens with one attached hydrogen (secondary N) is 1. The lowest BCUT2D eigenvalue weighted by atomic mass is 9.84. The molecule has 5 rings (SSSR count). The van der Waals surface area contributed by atoms with Crippen molar-refractivity contribution < 1.29 is 38.1 Å². The number of H-pyrrole nitrogens is 1. The van der Waals surface area contributed by atoms with Crippen molar-refractivity contribution in [1.82, 2.24) is 9.97 Å². The number of aromatic nitrogens is 2. The van der Waals surface area contributed by atoms with Crippen LogP contribution in [0.5, 0.6) is 0 Å². The van der Waals surface area contributed by atoms with E-state index < -0.39 is 29.8 Å². The molecule has 0 fully saturated rings. The highest BCUT2D eigenvalue weighted by Gasteiger charge is 2.40. The van der Waals surface area contributed by atoms with Crippen molar-refractivity contribution in [2.45, 2.75) is 5.92 Å². The fourth-order valence-electron chi connectivity index (χ4n) is 4.98. The fourth-order valence-corrected chi connectivity index (χ4v) is 4.98. The maximum absolute atomic E-state index is 13.5. The van der Waals surface area contributed by atoms with Crippen LogP contribution >= 0.6 is 0 Å². The zero-order chi connectivity index (χ0) is 27.1. The smallest absolute Gasteiger partial charge is 0.339 e. The standard InChI is InChI=1S/C28H22N2O8/c1-35-25(31)18-14-10-6-8-12-16(14)30-24-20(18)19(22(27(33)37-3)28(34)38-4)21(26(32)36-2)17-13-9-5-7-11-15(13)29-23(17)24/h5-12,22,30H,1-4H3. The molecule has 192 valence electrons. The minimum atomic E-state index is -1.74. The average molecular weight is 514 g/mol. The molecule has 0 bridgehead atoms. The number of ether oxygens (including phenoxy) is 4. The number of hydrogen-bond donors (Lipinski definition) is 1. The molecular weight excluding hydrogens is 492 g/mol. The zero-order valence-electron chi connectivity index (χ0n) is 20.9.